The Hall–Kier alpha value is -2.25. The first kappa shape index (κ1) is 19.5. The molecule has 6 nitrogen and oxygen atoms in total. The molecule has 1 aromatic carbocycles. The second kappa shape index (κ2) is 8.63. The molecule has 0 spiro atoms. The van der Waals surface area contributed by atoms with Crippen molar-refractivity contribution in [2.75, 3.05) is 18.4 Å². The third-order valence-corrected chi connectivity index (χ3v) is 7.07. The summed E-state index contributed by atoms with van der Waals surface area (Å²) in [5.74, 6) is 0.339. The van der Waals surface area contributed by atoms with Crippen LogP contribution in [0.4, 0.5) is 5.69 Å². The Morgan fingerprint density at radius 1 is 1.19 bits per heavy atom. The van der Waals surface area contributed by atoms with Gasteiger partial charge in [0.15, 0.2) is 0 Å². The number of amides is 1. The molecule has 0 bridgehead atoms. The molecule has 1 N–H and O–H groups in total. The number of benzene rings is 1. The highest BCUT2D eigenvalue weighted by molar-refractivity contribution is 7.89. The first-order chi connectivity index (χ1) is 13.0. The second-order valence-electron chi connectivity index (χ2n) is 6.94. The molecule has 0 radical (unpaired) electrons. The number of sulfonamides is 1. The molecule has 1 fully saturated rings. The lowest BCUT2D eigenvalue weighted by Crippen LogP contribution is -2.38. The van der Waals surface area contributed by atoms with Gasteiger partial charge in [-0.1, -0.05) is 18.2 Å². The Kier molecular flexibility index (Phi) is 6.23. The summed E-state index contributed by atoms with van der Waals surface area (Å²) >= 11 is 0. The van der Waals surface area contributed by atoms with Crippen LogP contribution in [-0.2, 0) is 14.8 Å². The number of nitrogens with one attached hydrogen (secondary N) is 1. The van der Waals surface area contributed by atoms with Gasteiger partial charge in [-0.3, -0.25) is 9.78 Å². The maximum atomic E-state index is 12.8. The zero-order valence-corrected chi connectivity index (χ0v) is 16.3. The van der Waals surface area contributed by atoms with Crippen LogP contribution in [0, 0.1) is 12.8 Å². The molecule has 1 aromatic heterocycles. The number of nitrogens with zero attached hydrogens (tertiary/aromatic N) is 2. The van der Waals surface area contributed by atoms with E-state index >= 15 is 0 Å². The van der Waals surface area contributed by atoms with Crippen molar-refractivity contribution in [3.8, 4) is 0 Å². The van der Waals surface area contributed by atoms with E-state index in [1.54, 1.807) is 41.0 Å². The first-order valence-corrected chi connectivity index (χ1v) is 10.7. The molecule has 0 saturated carbocycles. The van der Waals surface area contributed by atoms with Crippen molar-refractivity contribution in [3.63, 3.8) is 0 Å². The van der Waals surface area contributed by atoms with E-state index in [1.165, 1.54) is 0 Å². The van der Waals surface area contributed by atoms with E-state index in [1.807, 2.05) is 19.1 Å². The number of pyridine rings is 1. The molecule has 2 aromatic rings. The van der Waals surface area contributed by atoms with Crippen molar-refractivity contribution in [2.45, 2.75) is 37.5 Å². The van der Waals surface area contributed by atoms with Crippen LogP contribution in [0.1, 0.15) is 31.2 Å². The molecule has 1 saturated heterocycles. The Labute approximate surface area is 160 Å². The topological polar surface area (TPSA) is 79.4 Å². The van der Waals surface area contributed by atoms with E-state index in [4.69, 9.17) is 0 Å². The number of hydrogen-bond acceptors (Lipinski definition) is 4. The zero-order valence-electron chi connectivity index (χ0n) is 15.5. The highest BCUT2D eigenvalue weighted by Crippen LogP contribution is 2.27. The average molecular weight is 388 g/mol. The van der Waals surface area contributed by atoms with E-state index in [0.29, 0.717) is 36.0 Å². The summed E-state index contributed by atoms with van der Waals surface area (Å²) < 4.78 is 27.3. The summed E-state index contributed by atoms with van der Waals surface area (Å²) in [6, 6.07) is 10.7. The molecule has 144 valence electrons. The van der Waals surface area contributed by atoms with Gasteiger partial charge in [0.1, 0.15) is 0 Å². The lowest BCUT2D eigenvalue weighted by atomic mass is 9.93. The van der Waals surface area contributed by atoms with Crippen LogP contribution >= 0.6 is 0 Å². The van der Waals surface area contributed by atoms with Gasteiger partial charge in [0.25, 0.3) is 0 Å². The highest BCUT2D eigenvalue weighted by Gasteiger charge is 2.30. The van der Waals surface area contributed by atoms with E-state index in [0.717, 1.165) is 24.8 Å². The number of aromatic nitrogens is 1. The Morgan fingerprint density at radius 3 is 2.59 bits per heavy atom. The molecule has 0 unspecified atom stereocenters. The maximum absolute atomic E-state index is 12.8. The highest BCUT2D eigenvalue weighted by atomic mass is 32.2. The van der Waals surface area contributed by atoms with E-state index in [-0.39, 0.29) is 5.91 Å². The molecular formula is C20H25N3O3S. The lowest BCUT2D eigenvalue weighted by Gasteiger charge is -2.31. The zero-order chi connectivity index (χ0) is 19.3. The fourth-order valence-electron chi connectivity index (χ4n) is 3.42. The van der Waals surface area contributed by atoms with Gasteiger partial charge < -0.3 is 5.32 Å². The van der Waals surface area contributed by atoms with Gasteiger partial charge in [-0.15, -0.1) is 0 Å². The SMILES string of the molecule is Cc1ccccc1S(=O)(=O)N1CCC(CCC(=O)Nc2cccnc2)CC1. The van der Waals surface area contributed by atoms with Crippen molar-refractivity contribution < 1.29 is 13.2 Å². The van der Waals surface area contributed by atoms with Crippen LogP contribution < -0.4 is 5.32 Å². The van der Waals surface area contributed by atoms with Gasteiger partial charge in [0.05, 0.1) is 16.8 Å². The smallest absolute Gasteiger partial charge is 0.243 e. The van der Waals surface area contributed by atoms with Crippen LogP contribution in [0.2, 0.25) is 0 Å². The number of hydrogen-bond donors (Lipinski definition) is 1. The molecule has 1 amide bonds. The standard InChI is InChI=1S/C20H25N3O3S/c1-16-5-2-3-7-19(16)27(25,26)23-13-10-17(11-14-23)8-9-20(24)22-18-6-4-12-21-15-18/h2-7,12,15,17H,8-11,13-14H2,1H3,(H,22,24). The molecule has 0 atom stereocenters. The first-order valence-electron chi connectivity index (χ1n) is 9.22. The summed E-state index contributed by atoms with van der Waals surface area (Å²) in [5, 5.41) is 2.83. The van der Waals surface area contributed by atoms with Crippen molar-refractivity contribution in [3.05, 3.63) is 54.4 Å². The minimum atomic E-state index is -3.44. The summed E-state index contributed by atoms with van der Waals surface area (Å²) in [6.07, 6.45) is 6.05. The number of aryl methyl sites for hydroxylation is 1. The molecule has 2 heterocycles. The second-order valence-corrected chi connectivity index (χ2v) is 8.85. The molecule has 27 heavy (non-hydrogen) atoms. The van der Waals surface area contributed by atoms with Gasteiger partial charge >= 0.3 is 0 Å². The quantitative estimate of drug-likeness (QED) is 0.825. The number of piperidine rings is 1. The molecular weight excluding hydrogens is 362 g/mol. The predicted molar refractivity (Wildman–Crippen MR) is 105 cm³/mol. The van der Waals surface area contributed by atoms with E-state index < -0.39 is 10.0 Å². The monoisotopic (exact) mass is 387 g/mol. The fourth-order valence-corrected chi connectivity index (χ4v) is 5.11. The van der Waals surface area contributed by atoms with Crippen LogP contribution in [0.15, 0.2) is 53.7 Å². The van der Waals surface area contributed by atoms with Crippen LogP contribution in [0.5, 0.6) is 0 Å². The van der Waals surface area contributed by atoms with Gasteiger partial charge in [-0.2, -0.15) is 4.31 Å². The van der Waals surface area contributed by atoms with Crippen molar-refractivity contribution in [2.24, 2.45) is 5.92 Å². The normalized spacial score (nSPS) is 16.2. The number of rotatable bonds is 6. The van der Waals surface area contributed by atoms with Gasteiger partial charge in [0.2, 0.25) is 15.9 Å². The van der Waals surface area contributed by atoms with Crippen molar-refractivity contribution >= 4 is 21.6 Å². The largest absolute Gasteiger partial charge is 0.325 e. The molecule has 3 rings (SSSR count). The third kappa shape index (κ3) is 4.93. The molecule has 7 heteroatoms. The number of carbonyl (C=O) groups is 1. The van der Waals surface area contributed by atoms with Crippen LogP contribution in [-0.4, -0.2) is 36.7 Å². The van der Waals surface area contributed by atoms with Gasteiger partial charge in [0, 0.05) is 25.7 Å². The van der Waals surface area contributed by atoms with Gasteiger partial charge in [-0.25, -0.2) is 8.42 Å². The minimum absolute atomic E-state index is 0.0297. The molecule has 1 aliphatic rings. The third-order valence-electron chi connectivity index (χ3n) is 5.01. The van der Waals surface area contributed by atoms with E-state index in [9.17, 15) is 13.2 Å². The van der Waals surface area contributed by atoms with Crippen molar-refractivity contribution in [1.29, 1.82) is 0 Å². The van der Waals surface area contributed by atoms with E-state index in [2.05, 4.69) is 10.3 Å². The van der Waals surface area contributed by atoms with Crippen molar-refractivity contribution in [1.82, 2.24) is 9.29 Å². The lowest BCUT2D eigenvalue weighted by molar-refractivity contribution is -0.116. The van der Waals surface area contributed by atoms with Crippen LogP contribution in [0.25, 0.3) is 0 Å². The molecule has 0 aliphatic carbocycles. The summed E-state index contributed by atoms with van der Waals surface area (Å²) in [6.45, 7) is 2.83. The summed E-state index contributed by atoms with van der Waals surface area (Å²) in [7, 11) is -3.44. The maximum Gasteiger partial charge on any atom is 0.243 e. The average Bonchev–Trinajstić information content (AvgIpc) is 2.68. The summed E-state index contributed by atoms with van der Waals surface area (Å²) in [5.41, 5.74) is 1.47. The van der Waals surface area contributed by atoms with Gasteiger partial charge in [-0.05, 0) is 55.9 Å². The predicted octanol–water partition coefficient (Wildman–Crippen LogP) is 3.21. The Balaban J connectivity index is 1.49. The summed E-state index contributed by atoms with van der Waals surface area (Å²) in [4.78, 5) is 16.4. The Morgan fingerprint density at radius 2 is 1.93 bits per heavy atom. The Bertz CT molecular complexity index is 876. The van der Waals surface area contributed by atoms with Crippen LogP contribution in [0.3, 0.4) is 0 Å². The minimum Gasteiger partial charge on any atom is -0.325 e. The molecule has 1 aliphatic heterocycles. The fraction of sp³-hybridized carbons (Fsp3) is 0.400. The number of anilines is 1. The number of carbonyl (C=O) groups excluding carboxylic acids is 1.